The molecule has 0 amide bonds. The van der Waals surface area contributed by atoms with Crippen LogP contribution in [0.3, 0.4) is 0 Å². The molecule has 2 N–H and O–H groups in total. The second-order valence-corrected chi connectivity index (χ2v) is 3.82. The minimum Gasteiger partial charge on any atom is -0.493 e. The highest BCUT2D eigenvalue weighted by atomic mass is 19.4. The van der Waals surface area contributed by atoms with Crippen molar-refractivity contribution >= 4 is 5.95 Å². The number of aromatic nitrogens is 2. The summed E-state index contributed by atoms with van der Waals surface area (Å²) in [5, 5.41) is 11.1. The van der Waals surface area contributed by atoms with E-state index in [2.05, 4.69) is 10.3 Å². The van der Waals surface area contributed by atoms with Crippen LogP contribution in [0.15, 0.2) is 10.9 Å². The number of nitrogens with zero attached hydrogens (tertiary/aromatic N) is 2. The van der Waals surface area contributed by atoms with Crippen molar-refractivity contribution in [1.82, 2.24) is 9.55 Å². The van der Waals surface area contributed by atoms with Crippen molar-refractivity contribution in [3.63, 3.8) is 0 Å². The third-order valence-corrected chi connectivity index (χ3v) is 2.48. The number of aromatic hydroxyl groups is 1. The number of halogens is 3. The first-order valence-electron chi connectivity index (χ1n) is 4.39. The lowest BCUT2D eigenvalue weighted by atomic mass is 10.0. The summed E-state index contributed by atoms with van der Waals surface area (Å²) in [6.07, 6.45) is -4.51. The summed E-state index contributed by atoms with van der Waals surface area (Å²) in [6.45, 7) is 0.371. The smallest absolute Gasteiger partial charge is 0.412 e. The molecule has 0 aromatic carbocycles. The van der Waals surface area contributed by atoms with Gasteiger partial charge in [0, 0.05) is 0 Å². The lowest BCUT2D eigenvalue weighted by Gasteiger charge is -2.26. The Balaban J connectivity index is 2.49. The van der Waals surface area contributed by atoms with Gasteiger partial charge in [0.1, 0.15) is 0 Å². The highest BCUT2D eigenvalue weighted by molar-refractivity contribution is 5.38. The molecular formula is C8H8F3N3O2. The zero-order valence-corrected chi connectivity index (χ0v) is 8.17. The first-order valence-corrected chi connectivity index (χ1v) is 4.39. The van der Waals surface area contributed by atoms with Crippen LogP contribution in [-0.2, 0) is 6.54 Å². The molecule has 1 aliphatic heterocycles. The molecule has 8 heteroatoms. The van der Waals surface area contributed by atoms with Crippen molar-refractivity contribution in [2.24, 2.45) is 0 Å². The van der Waals surface area contributed by atoms with Crippen molar-refractivity contribution < 1.29 is 18.3 Å². The molecule has 0 saturated heterocycles. The van der Waals surface area contributed by atoms with Gasteiger partial charge in [-0.05, 0) is 6.92 Å². The molecule has 0 fully saturated rings. The molecular weight excluding hydrogens is 227 g/mol. The minimum atomic E-state index is -4.51. The highest BCUT2D eigenvalue weighted by Crippen LogP contribution is 2.37. The number of hydrogen-bond acceptors (Lipinski definition) is 4. The molecule has 0 radical (unpaired) electrons. The summed E-state index contributed by atoms with van der Waals surface area (Å²) >= 11 is 0. The Labute approximate surface area is 87.5 Å². The van der Waals surface area contributed by atoms with E-state index in [4.69, 9.17) is 5.11 Å². The number of rotatable bonds is 0. The Kier molecular flexibility index (Phi) is 1.95. The molecule has 0 unspecified atom stereocenters. The Morgan fingerprint density at radius 2 is 2.25 bits per heavy atom. The lowest BCUT2D eigenvalue weighted by molar-refractivity contribution is -0.174. The van der Waals surface area contributed by atoms with Crippen LogP contribution in [0.1, 0.15) is 6.92 Å². The molecule has 0 aliphatic carbocycles. The fraction of sp³-hybridized carbons (Fsp3) is 0.500. The molecule has 0 saturated carbocycles. The zero-order valence-electron chi connectivity index (χ0n) is 8.17. The molecule has 88 valence electrons. The molecule has 0 spiro atoms. The van der Waals surface area contributed by atoms with Crippen molar-refractivity contribution in [3.05, 3.63) is 16.4 Å². The largest absolute Gasteiger partial charge is 0.493 e. The van der Waals surface area contributed by atoms with Gasteiger partial charge >= 0.3 is 6.18 Å². The number of anilines is 1. The van der Waals surface area contributed by atoms with Gasteiger partial charge in [0.05, 0.1) is 12.6 Å². The summed E-state index contributed by atoms with van der Waals surface area (Å²) in [6, 6.07) is 0.771. The van der Waals surface area contributed by atoms with Crippen LogP contribution >= 0.6 is 0 Å². The van der Waals surface area contributed by atoms with Gasteiger partial charge in [0.25, 0.3) is 5.56 Å². The summed E-state index contributed by atoms with van der Waals surface area (Å²) in [5.41, 5.74) is -2.96. The van der Waals surface area contributed by atoms with Crippen LogP contribution in [0.25, 0.3) is 0 Å². The van der Waals surface area contributed by atoms with E-state index in [1.807, 2.05) is 0 Å². The molecule has 1 aliphatic rings. The van der Waals surface area contributed by atoms with Crippen LogP contribution in [0.5, 0.6) is 5.88 Å². The van der Waals surface area contributed by atoms with Crippen molar-refractivity contribution in [2.75, 3.05) is 5.32 Å². The van der Waals surface area contributed by atoms with Crippen LogP contribution in [-0.4, -0.2) is 26.4 Å². The van der Waals surface area contributed by atoms with Crippen LogP contribution in [0, 0.1) is 0 Å². The number of hydrogen-bond donors (Lipinski definition) is 2. The highest BCUT2D eigenvalue weighted by Gasteiger charge is 2.55. The van der Waals surface area contributed by atoms with Gasteiger partial charge in [-0.25, -0.2) is 0 Å². The van der Waals surface area contributed by atoms with Gasteiger partial charge in [-0.1, -0.05) is 0 Å². The fourth-order valence-corrected chi connectivity index (χ4v) is 1.51. The monoisotopic (exact) mass is 235 g/mol. The quantitative estimate of drug-likeness (QED) is 0.694. The topological polar surface area (TPSA) is 67.1 Å². The lowest BCUT2D eigenvalue weighted by Crippen LogP contribution is -2.48. The minimum absolute atomic E-state index is 0.273. The summed E-state index contributed by atoms with van der Waals surface area (Å²) in [5.74, 6) is -0.875. The normalized spacial score (nSPS) is 24.0. The van der Waals surface area contributed by atoms with Crippen LogP contribution in [0.4, 0.5) is 19.1 Å². The second-order valence-electron chi connectivity index (χ2n) is 3.82. The first-order chi connectivity index (χ1) is 7.23. The van der Waals surface area contributed by atoms with E-state index in [9.17, 15) is 18.0 Å². The Hall–Kier alpha value is -1.73. The van der Waals surface area contributed by atoms with Crippen LogP contribution < -0.4 is 10.9 Å². The summed E-state index contributed by atoms with van der Waals surface area (Å²) < 4.78 is 38.9. The average Bonchev–Trinajstić information content (AvgIpc) is 2.42. The predicted molar refractivity (Wildman–Crippen MR) is 48.2 cm³/mol. The maximum absolute atomic E-state index is 12.7. The number of alkyl halides is 3. The molecule has 0 bridgehead atoms. The fourth-order valence-electron chi connectivity index (χ4n) is 1.51. The predicted octanol–water partition coefficient (Wildman–Crippen LogP) is 0.695. The standard InChI is InChI=1S/C8H8F3N3O2/c1-7(8(9,10)11)3-14-5(16)2-4(15)12-6(14)13-7/h2,15H,3H2,1H3,(H,12,13)/t7-/m1/s1. The summed E-state index contributed by atoms with van der Waals surface area (Å²) in [7, 11) is 0. The molecule has 16 heavy (non-hydrogen) atoms. The third-order valence-electron chi connectivity index (χ3n) is 2.48. The maximum atomic E-state index is 12.7. The van der Waals surface area contributed by atoms with Crippen LogP contribution in [0.2, 0.25) is 0 Å². The molecule has 1 atom stereocenters. The Bertz CT molecular complexity index is 496. The van der Waals surface area contributed by atoms with E-state index in [-0.39, 0.29) is 5.95 Å². The maximum Gasteiger partial charge on any atom is 0.412 e. The van der Waals surface area contributed by atoms with Gasteiger partial charge in [-0.2, -0.15) is 18.2 Å². The van der Waals surface area contributed by atoms with E-state index < -0.39 is 29.7 Å². The third kappa shape index (κ3) is 1.41. The van der Waals surface area contributed by atoms with Crippen molar-refractivity contribution in [1.29, 1.82) is 0 Å². The second kappa shape index (κ2) is 2.89. The van der Waals surface area contributed by atoms with Gasteiger partial charge in [-0.15, -0.1) is 0 Å². The van der Waals surface area contributed by atoms with Gasteiger partial charge in [-0.3, -0.25) is 9.36 Å². The molecule has 1 aromatic heterocycles. The Morgan fingerprint density at radius 1 is 1.62 bits per heavy atom. The van der Waals surface area contributed by atoms with Crippen molar-refractivity contribution in [2.45, 2.75) is 25.2 Å². The van der Waals surface area contributed by atoms with Crippen molar-refractivity contribution in [3.8, 4) is 5.88 Å². The molecule has 2 rings (SSSR count). The van der Waals surface area contributed by atoms with Gasteiger partial charge in [0.2, 0.25) is 11.8 Å². The number of fused-ring (bicyclic) bond motifs is 1. The number of nitrogens with one attached hydrogen (secondary N) is 1. The van der Waals surface area contributed by atoms with Gasteiger partial charge in [0.15, 0.2) is 5.54 Å². The van der Waals surface area contributed by atoms with E-state index in [1.54, 1.807) is 0 Å². The zero-order chi connectivity index (χ0) is 12.1. The Morgan fingerprint density at radius 3 is 2.81 bits per heavy atom. The van der Waals surface area contributed by atoms with E-state index in [1.165, 1.54) is 0 Å². The summed E-state index contributed by atoms with van der Waals surface area (Å²) in [4.78, 5) is 14.7. The van der Waals surface area contributed by atoms with Gasteiger partial charge < -0.3 is 10.4 Å². The first kappa shape index (κ1) is 10.8. The SMILES string of the molecule is C[C@]1(C(F)(F)F)Cn2c(nc(O)cc2=O)N1. The molecule has 1 aromatic rings. The van der Waals surface area contributed by atoms with E-state index >= 15 is 0 Å². The molecule has 5 nitrogen and oxygen atoms in total. The molecule has 2 heterocycles. The van der Waals surface area contributed by atoms with E-state index in [0.29, 0.717) is 0 Å². The average molecular weight is 235 g/mol. The van der Waals surface area contributed by atoms with E-state index in [0.717, 1.165) is 17.6 Å².